The second-order valence-corrected chi connectivity index (χ2v) is 2.73. The zero-order valence-corrected chi connectivity index (χ0v) is 6.95. The van der Waals surface area contributed by atoms with Crippen molar-refractivity contribution in [1.82, 2.24) is 4.98 Å². The summed E-state index contributed by atoms with van der Waals surface area (Å²) < 4.78 is 5.06. The van der Waals surface area contributed by atoms with Crippen LogP contribution in [0.2, 0.25) is 0 Å². The monoisotopic (exact) mass is 185 g/mol. The number of nitrogens with zero attached hydrogens (tertiary/aromatic N) is 1. The molecule has 64 valence electrons. The minimum Gasteiger partial charge on any atom is -0.482 e. The van der Waals surface area contributed by atoms with E-state index in [2.05, 4.69) is 4.98 Å². The van der Waals surface area contributed by atoms with Gasteiger partial charge < -0.3 is 9.84 Å². The van der Waals surface area contributed by atoms with Crippen molar-refractivity contribution in [3.8, 4) is 5.75 Å². The number of hydrogen-bond acceptors (Lipinski definition) is 4. The number of carboxylic acid groups (broad SMARTS) is 1. The van der Waals surface area contributed by atoms with Gasteiger partial charge in [-0.1, -0.05) is 0 Å². The van der Waals surface area contributed by atoms with Crippen LogP contribution in [0.5, 0.6) is 5.75 Å². The molecular weight excluding hydrogens is 178 g/mol. The highest BCUT2D eigenvalue weighted by Gasteiger charge is 1.97. The molecule has 0 fully saturated rings. The van der Waals surface area contributed by atoms with E-state index in [9.17, 15) is 4.79 Å². The quantitative estimate of drug-likeness (QED) is 0.728. The molecule has 0 aliphatic carbocycles. The van der Waals surface area contributed by atoms with Crippen LogP contribution >= 0.6 is 11.8 Å². The Morgan fingerprint density at radius 1 is 1.58 bits per heavy atom. The molecule has 0 spiro atoms. The number of thioether (sulfide) groups is 1. The maximum absolute atomic E-state index is 10.1. The largest absolute Gasteiger partial charge is 0.482 e. The van der Waals surface area contributed by atoms with E-state index in [0.717, 1.165) is 0 Å². The molecule has 4 nitrogen and oxygen atoms in total. The molecule has 0 unspecified atom stereocenters. The Hall–Kier alpha value is -1.23. The van der Waals surface area contributed by atoms with Gasteiger partial charge in [-0.05, 0) is 23.9 Å². The van der Waals surface area contributed by atoms with Crippen molar-refractivity contribution in [2.45, 2.75) is 0 Å². The normalized spacial score (nSPS) is 9.33. The van der Waals surface area contributed by atoms with Gasteiger partial charge in [-0.15, -0.1) is 0 Å². The highest BCUT2D eigenvalue weighted by atomic mass is 32.2. The van der Waals surface area contributed by atoms with Crippen molar-refractivity contribution in [2.75, 3.05) is 5.94 Å². The van der Waals surface area contributed by atoms with Gasteiger partial charge in [-0.3, -0.25) is 4.98 Å². The van der Waals surface area contributed by atoms with Gasteiger partial charge in [0.25, 0.3) is 0 Å². The Labute approximate surface area is 73.6 Å². The molecule has 12 heavy (non-hydrogen) atoms. The van der Waals surface area contributed by atoms with Crippen molar-refractivity contribution >= 4 is 17.1 Å². The maximum atomic E-state index is 10.1. The minimum atomic E-state index is -0.941. The summed E-state index contributed by atoms with van der Waals surface area (Å²) in [5, 5.41) is 7.32. The Bertz CT molecular complexity index is 252. The number of aromatic nitrogens is 1. The maximum Gasteiger partial charge on any atom is 0.368 e. The summed E-state index contributed by atoms with van der Waals surface area (Å²) in [5.41, 5.74) is 0. The fourth-order valence-corrected chi connectivity index (χ4v) is 0.878. The lowest BCUT2D eigenvalue weighted by Crippen LogP contribution is -1.96. The molecule has 0 aromatic carbocycles. The second kappa shape index (κ2) is 4.61. The highest BCUT2D eigenvalue weighted by molar-refractivity contribution is 8.13. The molecule has 1 aromatic heterocycles. The molecule has 1 N–H and O–H groups in total. The number of ether oxygens (including phenoxy) is 1. The highest BCUT2D eigenvalue weighted by Crippen LogP contribution is 2.10. The van der Waals surface area contributed by atoms with E-state index in [1.54, 1.807) is 24.5 Å². The van der Waals surface area contributed by atoms with Crippen LogP contribution in [0.1, 0.15) is 0 Å². The summed E-state index contributed by atoms with van der Waals surface area (Å²) in [4.78, 5) is 13.8. The first-order chi connectivity index (χ1) is 5.79. The molecular formula is C7H7NO3S. The lowest BCUT2D eigenvalue weighted by atomic mass is 10.5. The molecule has 0 saturated carbocycles. The van der Waals surface area contributed by atoms with E-state index in [-0.39, 0.29) is 5.94 Å². The fourth-order valence-electron chi connectivity index (χ4n) is 0.582. The third-order valence-electron chi connectivity index (χ3n) is 1.06. The molecule has 5 heteroatoms. The van der Waals surface area contributed by atoms with E-state index >= 15 is 0 Å². The molecule has 0 amide bonds. The topological polar surface area (TPSA) is 59.4 Å². The Morgan fingerprint density at radius 3 is 2.83 bits per heavy atom. The molecule has 0 saturated heterocycles. The van der Waals surface area contributed by atoms with E-state index < -0.39 is 5.30 Å². The molecule has 0 bridgehead atoms. The van der Waals surface area contributed by atoms with Crippen LogP contribution in [0.3, 0.4) is 0 Å². The first kappa shape index (κ1) is 8.86. The van der Waals surface area contributed by atoms with Gasteiger partial charge in [0.2, 0.25) is 0 Å². The molecule has 0 radical (unpaired) electrons. The van der Waals surface area contributed by atoms with Crippen LogP contribution in [0.4, 0.5) is 4.79 Å². The third kappa shape index (κ3) is 3.25. The van der Waals surface area contributed by atoms with Gasteiger partial charge in [0.05, 0.1) is 0 Å². The number of rotatable bonds is 3. The van der Waals surface area contributed by atoms with Crippen molar-refractivity contribution in [3.63, 3.8) is 0 Å². The molecule has 1 aromatic rings. The van der Waals surface area contributed by atoms with E-state index in [1.165, 1.54) is 0 Å². The Kier molecular flexibility index (Phi) is 3.40. The fraction of sp³-hybridized carbons (Fsp3) is 0.143. The lowest BCUT2D eigenvalue weighted by Gasteiger charge is -2.01. The van der Waals surface area contributed by atoms with Gasteiger partial charge >= 0.3 is 5.30 Å². The zero-order valence-electron chi connectivity index (χ0n) is 6.14. The number of pyridine rings is 1. The first-order valence-electron chi connectivity index (χ1n) is 3.17. The standard InChI is InChI=1S/C7H7NO3S/c9-7(10)12-5-11-6-1-3-8-4-2-6/h1-4H,5H2,(H,9,10). The zero-order chi connectivity index (χ0) is 8.81. The van der Waals surface area contributed by atoms with E-state index in [4.69, 9.17) is 9.84 Å². The second-order valence-electron chi connectivity index (χ2n) is 1.86. The number of hydrogen-bond donors (Lipinski definition) is 1. The van der Waals surface area contributed by atoms with Crippen LogP contribution in [-0.4, -0.2) is 21.3 Å². The van der Waals surface area contributed by atoms with Crippen LogP contribution < -0.4 is 4.74 Å². The van der Waals surface area contributed by atoms with Crippen LogP contribution in [-0.2, 0) is 0 Å². The Balaban J connectivity index is 2.29. The van der Waals surface area contributed by atoms with Crippen molar-refractivity contribution in [3.05, 3.63) is 24.5 Å². The van der Waals surface area contributed by atoms with Gasteiger partial charge in [-0.25, -0.2) is 4.79 Å². The van der Waals surface area contributed by atoms with Gasteiger partial charge in [-0.2, -0.15) is 0 Å². The van der Waals surface area contributed by atoms with Crippen molar-refractivity contribution < 1.29 is 14.6 Å². The average molecular weight is 185 g/mol. The van der Waals surface area contributed by atoms with E-state index in [1.807, 2.05) is 0 Å². The molecule has 1 heterocycles. The summed E-state index contributed by atoms with van der Waals surface area (Å²) in [7, 11) is 0. The molecule has 0 aliphatic heterocycles. The van der Waals surface area contributed by atoms with E-state index in [0.29, 0.717) is 17.5 Å². The Morgan fingerprint density at radius 2 is 2.25 bits per heavy atom. The predicted octanol–water partition coefficient (Wildman–Crippen LogP) is 1.83. The summed E-state index contributed by atoms with van der Waals surface area (Å²) >= 11 is 0.700. The first-order valence-corrected chi connectivity index (χ1v) is 4.16. The van der Waals surface area contributed by atoms with Gasteiger partial charge in [0.1, 0.15) is 11.7 Å². The van der Waals surface area contributed by atoms with Crippen LogP contribution in [0, 0.1) is 0 Å². The average Bonchev–Trinajstić information content (AvgIpc) is 2.05. The third-order valence-corrected chi connectivity index (χ3v) is 1.54. The van der Waals surface area contributed by atoms with Gasteiger partial charge in [0, 0.05) is 12.4 Å². The van der Waals surface area contributed by atoms with Crippen LogP contribution in [0.25, 0.3) is 0 Å². The summed E-state index contributed by atoms with van der Waals surface area (Å²) in [6.07, 6.45) is 3.17. The number of carbonyl (C=O) groups is 1. The minimum absolute atomic E-state index is 0.110. The predicted molar refractivity (Wildman–Crippen MR) is 45.3 cm³/mol. The molecule has 0 aliphatic rings. The smallest absolute Gasteiger partial charge is 0.368 e. The van der Waals surface area contributed by atoms with Crippen molar-refractivity contribution in [2.24, 2.45) is 0 Å². The van der Waals surface area contributed by atoms with Gasteiger partial charge in [0.15, 0.2) is 0 Å². The lowest BCUT2D eigenvalue weighted by molar-refractivity contribution is 0.221. The summed E-state index contributed by atoms with van der Waals surface area (Å²) in [6.45, 7) is 0. The SMILES string of the molecule is O=C(O)SCOc1ccncc1. The summed E-state index contributed by atoms with van der Waals surface area (Å²) in [6, 6.07) is 3.34. The molecule has 0 atom stereocenters. The summed E-state index contributed by atoms with van der Waals surface area (Å²) in [5.74, 6) is 0.734. The van der Waals surface area contributed by atoms with Crippen molar-refractivity contribution in [1.29, 1.82) is 0 Å². The van der Waals surface area contributed by atoms with Crippen LogP contribution in [0.15, 0.2) is 24.5 Å². The molecule has 1 rings (SSSR count).